The molecular weight excluding hydrogens is 240 g/mol. The van der Waals surface area contributed by atoms with E-state index in [4.69, 9.17) is 0 Å². The van der Waals surface area contributed by atoms with Crippen LogP contribution in [0.4, 0.5) is 0 Å². The maximum absolute atomic E-state index is 2.32. The van der Waals surface area contributed by atoms with Gasteiger partial charge >= 0.3 is 0 Å². The van der Waals surface area contributed by atoms with Gasteiger partial charge in [-0.2, -0.15) is 0 Å². The molecule has 0 fully saturated rings. The van der Waals surface area contributed by atoms with Crippen LogP contribution in [-0.4, -0.2) is 0 Å². The zero-order chi connectivity index (χ0) is 13.8. The molecule has 0 aromatic heterocycles. The van der Waals surface area contributed by atoms with Gasteiger partial charge in [-0.3, -0.25) is 0 Å². The van der Waals surface area contributed by atoms with Crippen LogP contribution in [0.2, 0.25) is 0 Å². The van der Waals surface area contributed by atoms with Crippen LogP contribution < -0.4 is 0 Å². The summed E-state index contributed by atoms with van der Waals surface area (Å²) in [7, 11) is 0. The van der Waals surface area contributed by atoms with Crippen LogP contribution in [-0.2, 0) is 6.42 Å². The van der Waals surface area contributed by atoms with Crippen molar-refractivity contribution in [2.75, 3.05) is 0 Å². The molecule has 0 heteroatoms. The van der Waals surface area contributed by atoms with E-state index in [1.807, 2.05) is 0 Å². The molecule has 0 saturated carbocycles. The fraction of sp³-hybridized carbons (Fsp3) is 0.100. The highest BCUT2D eigenvalue weighted by Gasteiger charge is 2.05. The second-order valence-electron chi connectivity index (χ2n) is 4.96. The Bertz CT molecular complexity index is 682. The van der Waals surface area contributed by atoms with Crippen LogP contribution in [0.3, 0.4) is 0 Å². The molecule has 0 aliphatic rings. The van der Waals surface area contributed by atoms with Crippen molar-refractivity contribution < 1.29 is 0 Å². The highest BCUT2D eigenvalue weighted by molar-refractivity contribution is 5.73. The Kier molecular flexibility index (Phi) is 3.64. The first-order valence-electron chi connectivity index (χ1n) is 7.12. The average Bonchev–Trinajstić information content (AvgIpc) is 2.56. The summed E-state index contributed by atoms with van der Waals surface area (Å²) in [5.41, 5.74) is 6.61. The van der Waals surface area contributed by atoms with Crippen LogP contribution in [0.15, 0.2) is 78.9 Å². The zero-order valence-corrected chi connectivity index (χ0v) is 11.7. The molecule has 0 radical (unpaired) electrons. The van der Waals surface area contributed by atoms with Gasteiger partial charge < -0.3 is 0 Å². The van der Waals surface area contributed by atoms with Crippen LogP contribution in [0, 0.1) is 0 Å². The molecule has 0 nitrogen and oxygen atoms in total. The van der Waals surface area contributed by atoms with E-state index in [1.165, 1.54) is 27.8 Å². The molecule has 0 heterocycles. The molecule has 20 heavy (non-hydrogen) atoms. The predicted octanol–water partition coefficient (Wildman–Crippen LogP) is 5.58. The molecule has 0 N–H and O–H groups in total. The Morgan fingerprint density at radius 2 is 1.20 bits per heavy atom. The summed E-state index contributed by atoms with van der Waals surface area (Å²) in [5.74, 6) is 0. The second-order valence-corrected chi connectivity index (χ2v) is 4.96. The molecule has 98 valence electrons. The summed E-state index contributed by atoms with van der Waals surface area (Å²) in [6.07, 6.45) is 1.05. The molecule has 0 aliphatic heterocycles. The summed E-state index contributed by atoms with van der Waals surface area (Å²) in [4.78, 5) is 0. The average molecular weight is 258 g/mol. The minimum Gasteiger partial charge on any atom is -0.0622 e. The molecule has 0 atom stereocenters. The zero-order valence-electron chi connectivity index (χ0n) is 11.7. The fourth-order valence-corrected chi connectivity index (χ4v) is 2.60. The van der Waals surface area contributed by atoms with Crippen molar-refractivity contribution in [2.24, 2.45) is 0 Å². The molecule has 3 rings (SSSR count). The Hall–Kier alpha value is -2.34. The third-order valence-electron chi connectivity index (χ3n) is 3.68. The maximum Gasteiger partial charge on any atom is -0.0152 e. The van der Waals surface area contributed by atoms with Gasteiger partial charge in [-0.05, 0) is 34.2 Å². The number of benzene rings is 3. The predicted molar refractivity (Wildman–Crippen MR) is 86.7 cm³/mol. The van der Waals surface area contributed by atoms with Gasteiger partial charge in [0.1, 0.15) is 0 Å². The van der Waals surface area contributed by atoms with E-state index in [0.29, 0.717) is 0 Å². The summed E-state index contributed by atoms with van der Waals surface area (Å²) in [5, 5.41) is 0. The molecule has 3 aromatic carbocycles. The first kappa shape index (κ1) is 12.7. The van der Waals surface area contributed by atoms with Crippen molar-refractivity contribution in [1.29, 1.82) is 0 Å². The monoisotopic (exact) mass is 258 g/mol. The lowest BCUT2D eigenvalue weighted by Crippen LogP contribution is -1.89. The summed E-state index contributed by atoms with van der Waals surface area (Å²) >= 11 is 0. The van der Waals surface area contributed by atoms with E-state index in [-0.39, 0.29) is 0 Å². The highest BCUT2D eigenvalue weighted by atomic mass is 14.1. The van der Waals surface area contributed by atoms with Gasteiger partial charge in [0.25, 0.3) is 0 Å². The highest BCUT2D eigenvalue weighted by Crippen LogP contribution is 2.29. The minimum atomic E-state index is 1.05. The van der Waals surface area contributed by atoms with E-state index in [1.54, 1.807) is 0 Å². The topological polar surface area (TPSA) is 0 Å². The first-order chi connectivity index (χ1) is 9.88. The van der Waals surface area contributed by atoms with Crippen molar-refractivity contribution in [3.63, 3.8) is 0 Å². The quantitative estimate of drug-likeness (QED) is 0.575. The number of hydrogen-bond acceptors (Lipinski definition) is 0. The lowest BCUT2D eigenvalue weighted by Gasteiger charge is -2.11. The summed E-state index contributed by atoms with van der Waals surface area (Å²) < 4.78 is 0. The van der Waals surface area contributed by atoms with Gasteiger partial charge in [0.15, 0.2) is 0 Å². The van der Waals surface area contributed by atoms with Crippen molar-refractivity contribution in [2.45, 2.75) is 13.3 Å². The molecule has 3 aromatic rings. The van der Waals surface area contributed by atoms with Crippen molar-refractivity contribution >= 4 is 0 Å². The summed E-state index contributed by atoms with van der Waals surface area (Å²) in [6, 6.07) is 28.0. The van der Waals surface area contributed by atoms with E-state index >= 15 is 0 Å². The molecule has 0 saturated heterocycles. The third-order valence-corrected chi connectivity index (χ3v) is 3.68. The standard InChI is InChI=1S/C20H18/c1-2-16-15-19(17-9-5-3-6-10-17)13-14-20(16)18-11-7-4-8-12-18/h3-15H,2H2,1H3. The van der Waals surface area contributed by atoms with Gasteiger partial charge in [-0.15, -0.1) is 0 Å². The Balaban J connectivity index is 2.07. The SMILES string of the molecule is CCc1cc(-c2ccccc2)ccc1-c1ccccc1. The minimum absolute atomic E-state index is 1.05. The Labute approximate surface area is 120 Å². The lowest BCUT2D eigenvalue weighted by atomic mass is 9.94. The third kappa shape index (κ3) is 2.50. The fourth-order valence-electron chi connectivity index (χ4n) is 2.60. The van der Waals surface area contributed by atoms with Crippen LogP contribution in [0.5, 0.6) is 0 Å². The number of hydrogen-bond donors (Lipinski definition) is 0. The Morgan fingerprint density at radius 1 is 0.600 bits per heavy atom. The largest absolute Gasteiger partial charge is 0.0622 e. The van der Waals surface area contributed by atoms with E-state index in [0.717, 1.165) is 6.42 Å². The summed E-state index contributed by atoms with van der Waals surface area (Å²) in [6.45, 7) is 2.22. The molecular formula is C20H18. The van der Waals surface area contributed by atoms with Gasteiger partial charge in [0.05, 0.1) is 0 Å². The number of aryl methyl sites for hydroxylation is 1. The maximum atomic E-state index is 2.32. The van der Waals surface area contributed by atoms with Gasteiger partial charge in [0.2, 0.25) is 0 Å². The first-order valence-corrected chi connectivity index (χ1v) is 7.12. The molecule has 0 amide bonds. The van der Waals surface area contributed by atoms with Crippen LogP contribution in [0.25, 0.3) is 22.3 Å². The van der Waals surface area contributed by atoms with Crippen molar-refractivity contribution in [3.8, 4) is 22.3 Å². The molecule has 0 spiro atoms. The van der Waals surface area contributed by atoms with E-state index in [2.05, 4.69) is 85.8 Å². The molecule has 0 aliphatic carbocycles. The number of rotatable bonds is 3. The molecule has 0 unspecified atom stereocenters. The van der Waals surface area contributed by atoms with Gasteiger partial charge in [-0.1, -0.05) is 85.8 Å². The lowest BCUT2D eigenvalue weighted by molar-refractivity contribution is 1.14. The van der Waals surface area contributed by atoms with Crippen LogP contribution >= 0.6 is 0 Å². The van der Waals surface area contributed by atoms with Gasteiger partial charge in [0, 0.05) is 0 Å². The second kappa shape index (κ2) is 5.75. The van der Waals surface area contributed by atoms with E-state index in [9.17, 15) is 0 Å². The van der Waals surface area contributed by atoms with E-state index < -0.39 is 0 Å². The van der Waals surface area contributed by atoms with Gasteiger partial charge in [-0.25, -0.2) is 0 Å². The molecule has 0 bridgehead atoms. The normalized spacial score (nSPS) is 10.4. The van der Waals surface area contributed by atoms with Crippen molar-refractivity contribution in [1.82, 2.24) is 0 Å². The van der Waals surface area contributed by atoms with Crippen LogP contribution in [0.1, 0.15) is 12.5 Å². The van der Waals surface area contributed by atoms with Crippen molar-refractivity contribution in [3.05, 3.63) is 84.4 Å². The Morgan fingerprint density at radius 3 is 1.80 bits per heavy atom. The smallest absolute Gasteiger partial charge is 0.0152 e.